The van der Waals surface area contributed by atoms with Crippen LogP contribution in [0.25, 0.3) is 11.0 Å². The van der Waals surface area contributed by atoms with E-state index in [2.05, 4.69) is 20.4 Å². The lowest BCUT2D eigenvalue weighted by atomic mass is 10.4. The number of Topliss-reactive ketones (excluding diaryl/α,β-unsaturated/α-hetero) is 1. The third kappa shape index (κ3) is 2.88. The fourth-order valence-electron chi connectivity index (χ4n) is 1.99. The number of amides is 1. The van der Waals surface area contributed by atoms with Gasteiger partial charge in [0, 0.05) is 19.4 Å². The van der Waals surface area contributed by atoms with E-state index in [0.717, 1.165) is 11.3 Å². The number of fused-ring (bicyclic) bond motifs is 1. The summed E-state index contributed by atoms with van der Waals surface area (Å²) in [4.78, 5) is 43.6. The average molecular weight is 332 g/mol. The van der Waals surface area contributed by atoms with Crippen molar-refractivity contribution in [1.82, 2.24) is 24.3 Å². The SMILES string of the molecule is CC(=O)c1csc(NC(=O)Cn2cnc3c(cnn3C)c2=O)n1. The van der Waals surface area contributed by atoms with Crippen LogP contribution in [0.1, 0.15) is 17.4 Å². The number of ketones is 1. The van der Waals surface area contributed by atoms with E-state index in [1.807, 2.05) is 0 Å². The van der Waals surface area contributed by atoms with Gasteiger partial charge in [-0.2, -0.15) is 5.10 Å². The highest BCUT2D eigenvalue weighted by molar-refractivity contribution is 7.14. The lowest BCUT2D eigenvalue weighted by Crippen LogP contribution is -2.27. The monoisotopic (exact) mass is 332 g/mol. The maximum atomic E-state index is 12.3. The van der Waals surface area contributed by atoms with Gasteiger partial charge in [-0.15, -0.1) is 11.3 Å². The molecule has 0 saturated carbocycles. The molecule has 23 heavy (non-hydrogen) atoms. The molecule has 1 amide bonds. The Morgan fingerprint density at radius 2 is 2.17 bits per heavy atom. The second kappa shape index (κ2) is 5.72. The van der Waals surface area contributed by atoms with E-state index in [9.17, 15) is 14.4 Å². The fraction of sp³-hybridized carbons (Fsp3) is 0.231. The maximum Gasteiger partial charge on any atom is 0.264 e. The largest absolute Gasteiger partial charge is 0.300 e. The van der Waals surface area contributed by atoms with Gasteiger partial charge in [0.1, 0.15) is 24.0 Å². The summed E-state index contributed by atoms with van der Waals surface area (Å²) in [6.07, 6.45) is 2.72. The number of hydrogen-bond acceptors (Lipinski definition) is 7. The van der Waals surface area contributed by atoms with E-state index >= 15 is 0 Å². The van der Waals surface area contributed by atoms with Crippen LogP contribution in [0.5, 0.6) is 0 Å². The van der Waals surface area contributed by atoms with Crippen molar-refractivity contribution in [1.29, 1.82) is 0 Å². The third-order valence-corrected chi connectivity index (χ3v) is 3.90. The Labute approximate surface area is 133 Å². The summed E-state index contributed by atoms with van der Waals surface area (Å²) in [6, 6.07) is 0. The van der Waals surface area contributed by atoms with Crippen LogP contribution in [0.2, 0.25) is 0 Å². The molecule has 3 aromatic heterocycles. The molecule has 0 saturated heterocycles. The van der Waals surface area contributed by atoms with Crippen molar-refractivity contribution < 1.29 is 9.59 Å². The molecular weight excluding hydrogens is 320 g/mol. The molecule has 1 N–H and O–H groups in total. The molecule has 3 rings (SSSR count). The van der Waals surface area contributed by atoms with Crippen molar-refractivity contribution in [2.24, 2.45) is 7.05 Å². The highest BCUT2D eigenvalue weighted by Gasteiger charge is 2.13. The molecule has 0 aliphatic carbocycles. The van der Waals surface area contributed by atoms with Crippen molar-refractivity contribution in [3.05, 3.63) is 34.0 Å². The van der Waals surface area contributed by atoms with Crippen molar-refractivity contribution in [2.75, 3.05) is 5.32 Å². The van der Waals surface area contributed by atoms with Crippen LogP contribution in [0.4, 0.5) is 5.13 Å². The molecule has 0 atom stereocenters. The van der Waals surface area contributed by atoms with Crippen LogP contribution in [0.15, 0.2) is 22.7 Å². The second-order valence-electron chi connectivity index (χ2n) is 4.83. The smallest absolute Gasteiger partial charge is 0.264 e. The number of aryl methyl sites for hydroxylation is 1. The van der Waals surface area contributed by atoms with Crippen LogP contribution in [-0.4, -0.2) is 36.0 Å². The van der Waals surface area contributed by atoms with Gasteiger partial charge >= 0.3 is 0 Å². The van der Waals surface area contributed by atoms with E-state index < -0.39 is 5.91 Å². The third-order valence-electron chi connectivity index (χ3n) is 3.14. The first-order valence-corrected chi connectivity index (χ1v) is 7.47. The minimum absolute atomic E-state index is 0.177. The minimum atomic E-state index is -0.429. The summed E-state index contributed by atoms with van der Waals surface area (Å²) in [5, 5.41) is 8.73. The van der Waals surface area contributed by atoms with Crippen LogP contribution in [-0.2, 0) is 18.4 Å². The molecule has 0 aromatic carbocycles. The molecule has 0 aliphatic rings. The normalized spacial score (nSPS) is 10.9. The summed E-state index contributed by atoms with van der Waals surface area (Å²) in [6.45, 7) is 1.20. The summed E-state index contributed by atoms with van der Waals surface area (Å²) in [5.74, 6) is -0.606. The molecular formula is C13H12N6O3S. The summed E-state index contributed by atoms with van der Waals surface area (Å²) in [5.41, 5.74) is 0.403. The first-order chi connectivity index (χ1) is 11.0. The van der Waals surface area contributed by atoms with E-state index in [1.54, 1.807) is 12.4 Å². The molecule has 118 valence electrons. The quantitative estimate of drug-likeness (QED) is 0.693. The molecule has 0 aliphatic heterocycles. The summed E-state index contributed by atoms with van der Waals surface area (Å²) < 4.78 is 2.68. The highest BCUT2D eigenvalue weighted by Crippen LogP contribution is 2.15. The highest BCUT2D eigenvalue weighted by atomic mass is 32.1. The number of hydrogen-bond donors (Lipinski definition) is 1. The van der Waals surface area contributed by atoms with Crippen LogP contribution < -0.4 is 10.9 Å². The van der Waals surface area contributed by atoms with Crippen LogP contribution >= 0.6 is 11.3 Å². The minimum Gasteiger partial charge on any atom is -0.300 e. The number of aromatic nitrogens is 5. The van der Waals surface area contributed by atoms with E-state index in [4.69, 9.17) is 0 Å². The second-order valence-corrected chi connectivity index (χ2v) is 5.68. The van der Waals surface area contributed by atoms with Crippen molar-refractivity contribution in [3.8, 4) is 0 Å². The Balaban J connectivity index is 1.78. The Bertz CT molecular complexity index is 970. The number of anilines is 1. The number of carbonyl (C=O) groups excluding carboxylic acids is 2. The van der Waals surface area contributed by atoms with Gasteiger partial charge in [0.25, 0.3) is 5.56 Å². The first-order valence-electron chi connectivity index (χ1n) is 6.59. The topological polar surface area (TPSA) is 112 Å². The Kier molecular flexibility index (Phi) is 3.74. The Morgan fingerprint density at radius 3 is 2.87 bits per heavy atom. The van der Waals surface area contributed by atoms with Gasteiger partial charge in [-0.25, -0.2) is 9.97 Å². The summed E-state index contributed by atoms with van der Waals surface area (Å²) in [7, 11) is 1.68. The maximum absolute atomic E-state index is 12.3. The number of rotatable bonds is 4. The van der Waals surface area contributed by atoms with E-state index in [0.29, 0.717) is 21.9 Å². The van der Waals surface area contributed by atoms with Crippen molar-refractivity contribution in [3.63, 3.8) is 0 Å². The molecule has 3 aromatic rings. The molecule has 10 heteroatoms. The van der Waals surface area contributed by atoms with Crippen LogP contribution in [0.3, 0.4) is 0 Å². The molecule has 0 fully saturated rings. The fourth-order valence-corrected chi connectivity index (χ4v) is 2.75. The zero-order chi connectivity index (χ0) is 16.6. The van der Waals surface area contributed by atoms with Crippen LogP contribution in [0, 0.1) is 0 Å². The van der Waals surface area contributed by atoms with Crippen molar-refractivity contribution in [2.45, 2.75) is 13.5 Å². The zero-order valence-electron chi connectivity index (χ0n) is 12.3. The molecule has 0 spiro atoms. The molecule has 0 unspecified atom stereocenters. The number of nitrogens with one attached hydrogen (secondary N) is 1. The van der Waals surface area contributed by atoms with Gasteiger partial charge in [-0.3, -0.25) is 23.6 Å². The molecule has 0 bridgehead atoms. The van der Waals surface area contributed by atoms with Gasteiger partial charge in [0.05, 0.1) is 6.20 Å². The Hall–Kier alpha value is -2.88. The molecule has 0 radical (unpaired) electrons. The van der Waals surface area contributed by atoms with E-state index in [-0.39, 0.29) is 17.9 Å². The molecule has 9 nitrogen and oxygen atoms in total. The standard InChI is InChI=1S/C13H12N6O3S/c1-7(20)9-5-23-13(16-9)17-10(21)4-19-6-14-11-8(12(19)22)3-15-18(11)2/h3,5-6H,4H2,1-2H3,(H,16,17,21). The predicted octanol–water partition coefficient (Wildman–Crippen LogP) is 0.428. The van der Waals surface area contributed by atoms with E-state index in [1.165, 1.54) is 28.7 Å². The van der Waals surface area contributed by atoms with Gasteiger partial charge < -0.3 is 5.32 Å². The predicted molar refractivity (Wildman–Crippen MR) is 83.5 cm³/mol. The van der Waals surface area contributed by atoms with Gasteiger partial charge in [-0.05, 0) is 0 Å². The van der Waals surface area contributed by atoms with Gasteiger partial charge in [0.15, 0.2) is 16.6 Å². The van der Waals surface area contributed by atoms with Gasteiger partial charge in [0.2, 0.25) is 5.91 Å². The Morgan fingerprint density at radius 1 is 1.39 bits per heavy atom. The average Bonchev–Trinajstić information content (AvgIpc) is 3.10. The summed E-state index contributed by atoms with van der Waals surface area (Å²) >= 11 is 1.15. The first kappa shape index (κ1) is 15.0. The lowest BCUT2D eigenvalue weighted by molar-refractivity contribution is -0.116. The number of thiazole rings is 1. The lowest BCUT2D eigenvalue weighted by Gasteiger charge is -2.05. The van der Waals surface area contributed by atoms with Crippen molar-refractivity contribution >= 4 is 39.2 Å². The molecule has 3 heterocycles. The van der Waals surface area contributed by atoms with Gasteiger partial charge in [-0.1, -0.05) is 0 Å². The number of nitrogens with zero attached hydrogens (tertiary/aromatic N) is 5. The zero-order valence-corrected chi connectivity index (χ0v) is 13.1. The number of carbonyl (C=O) groups is 2.